The minimum Gasteiger partial charge on any atom is -0.451 e. The molecule has 0 radical (unpaired) electrons. The zero-order valence-corrected chi connectivity index (χ0v) is 17.5. The number of H-pyrrole nitrogens is 1. The van der Waals surface area contributed by atoms with E-state index >= 15 is 0 Å². The van der Waals surface area contributed by atoms with Crippen LogP contribution in [0.3, 0.4) is 0 Å². The summed E-state index contributed by atoms with van der Waals surface area (Å²) in [6.45, 7) is 0. The second-order valence-electron chi connectivity index (χ2n) is 8.54. The maximum absolute atomic E-state index is 12.3. The Labute approximate surface area is 185 Å². The molecule has 2 aromatic carbocycles. The maximum Gasteiger partial charge on any atom is 0.339 e. The molecular formula is C26H22N4O2. The summed E-state index contributed by atoms with van der Waals surface area (Å²) >= 11 is 0. The Kier molecular flexibility index (Phi) is 4.38. The lowest BCUT2D eigenvalue weighted by Crippen LogP contribution is -2.31. The maximum atomic E-state index is 12.3. The third kappa shape index (κ3) is 3.11. The van der Waals surface area contributed by atoms with Gasteiger partial charge in [-0.3, -0.25) is 5.10 Å². The number of carbonyl (C=O) groups is 1. The van der Waals surface area contributed by atoms with Crippen LogP contribution in [0.15, 0.2) is 72.9 Å². The van der Waals surface area contributed by atoms with Gasteiger partial charge in [-0.1, -0.05) is 48.5 Å². The molecule has 2 aliphatic rings. The molecule has 0 bridgehead atoms. The number of carbonyl (C=O) groups excluding carboxylic acids is 1. The van der Waals surface area contributed by atoms with Crippen LogP contribution >= 0.6 is 0 Å². The molecule has 6 nitrogen and oxygen atoms in total. The zero-order chi connectivity index (χ0) is 21.5. The lowest BCUT2D eigenvalue weighted by atomic mass is 9.74. The van der Waals surface area contributed by atoms with Gasteiger partial charge in [-0.2, -0.15) is 5.10 Å². The Hall–Kier alpha value is -3.80. The van der Waals surface area contributed by atoms with Crippen molar-refractivity contribution in [1.29, 1.82) is 0 Å². The van der Waals surface area contributed by atoms with Crippen LogP contribution in [-0.4, -0.2) is 26.1 Å². The van der Waals surface area contributed by atoms with Crippen molar-refractivity contribution < 1.29 is 9.53 Å². The summed E-state index contributed by atoms with van der Waals surface area (Å²) in [7, 11) is 0. The molecule has 1 saturated carbocycles. The van der Waals surface area contributed by atoms with Crippen molar-refractivity contribution in [3.05, 3.63) is 89.7 Å². The van der Waals surface area contributed by atoms with Crippen LogP contribution in [0.1, 0.15) is 53.2 Å². The van der Waals surface area contributed by atoms with E-state index in [2.05, 4.69) is 21.2 Å². The summed E-state index contributed by atoms with van der Waals surface area (Å²) in [6.07, 6.45) is 5.25. The molecule has 3 heterocycles. The quantitative estimate of drug-likeness (QED) is 0.456. The Balaban J connectivity index is 1.21. The van der Waals surface area contributed by atoms with Crippen LogP contribution in [0.5, 0.6) is 0 Å². The molecule has 6 rings (SSSR count). The van der Waals surface area contributed by atoms with E-state index < -0.39 is 5.60 Å². The van der Waals surface area contributed by atoms with Gasteiger partial charge in [-0.25, -0.2) is 14.8 Å². The molecule has 0 atom stereocenters. The standard InChI is InChI=1S/C26H22N4O2/c31-25-19-8-4-5-9-20(19)26(32-25)13-10-17(11-14-26)22-16-23(30-29-22)21-12-15-27-24(28-21)18-6-2-1-3-7-18/h1-9,12,15-17H,10-11,13-14H2,(H,29,30)/t17-,26-. The monoisotopic (exact) mass is 422 g/mol. The lowest BCUT2D eigenvalue weighted by Gasteiger charge is -2.36. The van der Waals surface area contributed by atoms with Gasteiger partial charge in [-0.15, -0.1) is 0 Å². The number of hydrogen-bond donors (Lipinski definition) is 1. The summed E-state index contributed by atoms with van der Waals surface area (Å²) in [5.74, 6) is 0.826. The molecule has 4 aromatic rings. The van der Waals surface area contributed by atoms with Gasteiger partial charge in [0.15, 0.2) is 5.82 Å². The summed E-state index contributed by atoms with van der Waals surface area (Å²) in [6, 6.07) is 21.7. The first-order valence-corrected chi connectivity index (χ1v) is 11.0. The molecule has 0 unspecified atom stereocenters. The third-order valence-corrected chi connectivity index (χ3v) is 6.70. The number of aromatic nitrogens is 4. The largest absolute Gasteiger partial charge is 0.451 e. The van der Waals surface area contributed by atoms with Gasteiger partial charge in [-0.05, 0) is 43.9 Å². The van der Waals surface area contributed by atoms with Crippen molar-refractivity contribution in [3.63, 3.8) is 0 Å². The molecule has 1 aliphatic heterocycles. The molecule has 158 valence electrons. The van der Waals surface area contributed by atoms with Crippen LogP contribution in [0, 0.1) is 0 Å². The van der Waals surface area contributed by atoms with E-state index in [-0.39, 0.29) is 5.97 Å². The molecule has 32 heavy (non-hydrogen) atoms. The van der Waals surface area contributed by atoms with Gasteiger partial charge < -0.3 is 4.74 Å². The molecule has 1 spiro atoms. The second kappa shape index (κ2) is 7.41. The molecule has 0 amide bonds. The first-order valence-electron chi connectivity index (χ1n) is 11.0. The number of nitrogens with zero attached hydrogens (tertiary/aromatic N) is 3. The van der Waals surface area contributed by atoms with Crippen LogP contribution in [0.25, 0.3) is 22.8 Å². The molecule has 0 saturated heterocycles. The van der Waals surface area contributed by atoms with Gasteiger partial charge in [0, 0.05) is 23.2 Å². The predicted octanol–water partition coefficient (Wildman–Crippen LogP) is 5.26. The smallest absolute Gasteiger partial charge is 0.339 e. The molecule has 6 heteroatoms. The molecule has 1 aliphatic carbocycles. The lowest BCUT2D eigenvalue weighted by molar-refractivity contribution is -0.0311. The van der Waals surface area contributed by atoms with E-state index in [0.29, 0.717) is 17.3 Å². The van der Waals surface area contributed by atoms with Gasteiger partial charge in [0.25, 0.3) is 0 Å². The minimum atomic E-state index is -0.472. The number of rotatable bonds is 3. The van der Waals surface area contributed by atoms with E-state index in [0.717, 1.165) is 53.9 Å². The first kappa shape index (κ1) is 18.9. The topological polar surface area (TPSA) is 80.8 Å². The van der Waals surface area contributed by atoms with Gasteiger partial charge >= 0.3 is 5.97 Å². The Morgan fingerprint density at radius 2 is 1.75 bits per heavy atom. The summed E-state index contributed by atoms with van der Waals surface area (Å²) in [5.41, 5.74) is 5.01. The van der Waals surface area contributed by atoms with E-state index in [1.807, 2.05) is 60.7 Å². The minimum absolute atomic E-state index is 0.195. The Bertz CT molecular complexity index is 1290. The van der Waals surface area contributed by atoms with Crippen molar-refractivity contribution in [2.24, 2.45) is 0 Å². The number of esters is 1. The first-order chi connectivity index (χ1) is 15.7. The van der Waals surface area contributed by atoms with Crippen LogP contribution < -0.4 is 0 Å². The van der Waals surface area contributed by atoms with Gasteiger partial charge in [0.2, 0.25) is 0 Å². The van der Waals surface area contributed by atoms with Crippen LogP contribution in [-0.2, 0) is 10.3 Å². The molecule has 1 fully saturated rings. The van der Waals surface area contributed by atoms with E-state index in [9.17, 15) is 4.79 Å². The fourth-order valence-corrected chi connectivity index (χ4v) is 5.01. The van der Waals surface area contributed by atoms with Crippen molar-refractivity contribution >= 4 is 5.97 Å². The highest BCUT2D eigenvalue weighted by atomic mass is 16.6. The number of ether oxygens (including phenoxy) is 1. The number of fused-ring (bicyclic) bond motifs is 2. The molecular weight excluding hydrogens is 400 g/mol. The predicted molar refractivity (Wildman–Crippen MR) is 120 cm³/mol. The zero-order valence-electron chi connectivity index (χ0n) is 17.5. The highest BCUT2D eigenvalue weighted by molar-refractivity contribution is 5.94. The van der Waals surface area contributed by atoms with Crippen LogP contribution in [0.2, 0.25) is 0 Å². The van der Waals surface area contributed by atoms with Crippen molar-refractivity contribution in [2.45, 2.75) is 37.2 Å². The number of nitrogens with one attached hydrogen (secondary N) is 1. The average molecular weight is 422 g/mol. The second-order valence-corrected chi connectivity index (χ2v) is 8.54. The number of hydrogen-bond acceptors (Lipinski definition) is 5. The normalized spacial score (nSPS) is 22.0. The SMILES string of the molecule is O=C1O[C@]2(CC[C@H](c3cc(-c4ccnc(-c5ccccc5)n4)[nH]n3)CC2)c2ccccc21. The van der Waals surface area contributed by atoms with Crippen molar-refractivity contribution in [1.82, 2.24) is 20.2 Å². The summed E-state index contributed by atoms with van der Waals surface area (Å²) < 4.78 is 5.89. The van der Waals surface area contributed by atoms with E-state index in [1.165, 1.54) is 0 Å². The highest BCUT2D eigenvalue weighted by Gasteiger charge is 2.47. The molecule has 2 aromatic heterocycles. The highest BCUT2D eigenvalue weighted by Crippen LogP contribution is 2.50. The number of aromatic amines is 1. The Morgan fingerprint density at radius 3 is 2.59 bits per heavy atom. The van der Waals surface area contributed by atoms with Gasteiger partial charge in [0.05, 0.1) is 22.6 Å². The fraction of sp³-hybridized carbons (Fsp3) is 0.231. The third-order valence-electron chi connectivity index (χ3n) is 6.70. The fourth-order valence-electron chi connectivity index (χ4n) is 5.01. The summed E-state index contributed by atoms with van der Waals surface area (Å²) in [5, 5.41) is 7.76. The van der Waals surface area contributed by atoms with Crippen molar-refractivity contribution in [3.8, 4) is 22.8 Å². The van der Waals surface area contributed by atoms with Gasteiger partial charge in [0.1, 0.15) is 5.60 Å². The Morgan fingerprint density at radius 1 is 0.969 bits per heavy atom. The molecule has 1 N–H and O–H groups in total. The van der Waals surface area contributed by atoms with Crippen LogP contribution in [0.4, 0.5) is 0 Å². The average Bonchev–Trinajstić information content (AvgIpc) is 3.45. The van der Waals surface area contributed by atoms with Crippen molar-refractivity contribution in [2.75, 3.05) is 0 Å². The number of benzene rings is 2. The van der Waals surface area contributed by atoms with E-state index in [4.69, 9.17) is 9.72 Å². The van der Waals surface area contributed by atoms with E-state index in [1.54, 1.807) is 6.20 Å². The summed E-state index contributed by atoms with van der Waals surface area (Å²) in [4.78, 5) is 21.5.